The van der Waals surface area contributed by atoms with E-state index in [1.54, 1.807) is 0 Å². The lowest BCUT2D eigenvalue weighted by Gasteiger charge is -2.14. The molecular formula is C14H16N2O8. The molecule has 1 aromatic carbocycles. The quantitative estimate of drug-likeness (QED) is 0.302. The van der Waals surface area contributed by atoms with Gasteiger partial charge in [0, 0.05) is 18.6 Å². The van der Waals surface area contributed by atoms with Crippen molar-refractivity contribution < 1.29 is 28.9 Å². The zero-order chi connectivity index (χ0) is 18.3. The van der Waals surface area contributed by atoms with Gasteiger partial charge in [-0.25, -0.2) is 0 Å². The summed E-state index contributed by atoms with van der Waals surface area (Å²) in [6.45, 7) is 3.00. The Morgan fingerprint density at radius 3 is 1.75 bits per heavy atom. The number of nitro groups is 2. The van der Waals surface area contributed by atoms with Gasteiger partial charge in [-0.3, -0.25) is 29.8 Å². The van der Waals surface area contributed by atoms with Gasteiger partial charge < -0.3 is 9.47 Å². The Hall–Kier alpha value is -3.04. The van der Waals surface area contributed by atoms with Crippen LogP contribution in [0.5, 0.6) is 0 Å². The van der Waals surface area contributed by atoms with Crippen molar-refractivity contribution in [2.75, 3.05) is 13.2 Å². The van der Waals surface area contributed by atoms with Crippen LogP contribution in [0.25, 0.3) is 0 Å². The van der Waals surface area contributed by atoms with Gasteiger partial charge in [-0.1, -0.05) is 0 Å². The minimum Gasteiger partial charge on any atom is -0.465 e. The minimum atomic E-state index is -1.52. The zero-order valence-electron chi connectivity index (χ0n) is 13.1. The molecule has 0 fully saturated rings. The molecule has 0 N–H and O–H groups in total. The van der Waals surface area contributed by atoms with E-state index < -0.39 is 45.5 Å². The van der Waals surface area contributed by atoms with Gasteiger partial charge in [-0.2, -0.15) is 0 Å². The molecule has 1 rings (SSSR count). The molecule has 0 unspecified atom stereocenters. The van der Waals surface area contributed by atoms with E-state index in [0.29, 0.717) is 0 Å². The number of benzene rings is 1. The Kier molecular flexibility index (Phi) is 6.78. The Morgan fingerprint density at radius 2 is 1.42 bits per heavy atom. The summed E-state index contributed by atoms with van der Waals surface area (Å²) in [5, 5.41) is 22.2. The summed E-state index contributed by atoms with van der Waals surface area (Å²) in [6, 6.07) is 3.29. The minimum absolute atomic E-state index is 0.0201. The number of nitrogens with zero attached hydrogens (tertiary/aromatic N) is 2. The number of carbonyl (C=O) groups excluding carboxylic acids is 2. The molecule has 0 saturated carbocycles. The van der Waals surface area contributed by atoms with Crippen LogP contribution in [0.3, 0.4) is 0 Å². The molecule has 0 saturated heterocycles. The van der Waals surface area contributed by atoms with Crippen molar-refractivity contribution in [3.63, 3.8) is 0 Å². The number of ether oxygens (including phenoxy) is 2. The van der Waals surface area contributed by atoms with Gasteiger partial charge in [0.1, 0.15) is 5.56 Å². The first kappa shape index (κ1) is 19.0. The summed E-state index contributed by atoms with van der Waals surface area (Å²) in [6.07, 6.45) is -0.564. The molecule has 0 atom stereocenters. The summed E-state index contributed by atoms with van der Waals surface area (Å²) in [7, 11) is 0. The van der Waals surface area contributed by atoms with Gasteiger partial charge in [0.25, 0.3) is 11.4 Å². The SMILES string of the molecule is CCOC(=O)C(Cc1c([N+](=O)[O-])cccc1[N+](=O)[O-])C(=O)OCC. The maximum atomic E-state index is 12.0. The van der Waals surface area contributed by atoms with Crippen molar-refractivity contribution in [1.29, 1.82) is 0 Å². The van der Waals surface area contributed by atoms with Crippen LogP contribution in [0.2, 0.25) is 0 Å². The molecule has 0 aromatic heterocycles. The highest BCUT2D eigenvalue weighted by atomic mass is 16.6. The van der Waals surface area contributed by atoms with E-state index >= 15 is 0 Å². The second-order valence-corrected chi connectivity index (χ2v) is 4.55. The van der Waals surface area contributed by atoms with Crippen LogP contribution in [0.15, 0.2) is 18.2 Å². The highest BCUT2D eigenvalue weighted by Crippen LogP contribution is 2.31. The zero-order valence-corrected chi connectivity index (χ0v) is 13.1. The first-order valence-corrected chi connectivity index (χ1v) is 7.07. The second-order valence-electron chi connectivity index (χ2n) is 4.55. The Labute approximate surface area is 136 Å². The summed E-state index contributed by atoms with van der Waals surface area (Å²) < 4.78 is 9.53. The molecule has 0 aliphatic heterocycles. The Morgan fingerprint density at radius 1 is 1.00 bits per heavy atom. The smallest absolute Gasteiger partial charge is 0.320 e. The number of hydrogen-bond donors (Lipinski definition) is 0. The van der Waals surface area contributed by atoms with Crippen LogP contribution >= 0.6 is 0 Å². The molecule has 10 heteroatoms. The Balaban J connectivity index is 3.35. The fourth-order valence-corrected chi connectivity index (χ4v) is 2.07. The van der Waals surface area contributed by atoms with Crippen molar-refractivity contribution in [3.8, 4) is 0 Å². The third-order valence-corrected chi connectivity index (χ3v) is 3.07. The molecule has 0 spiro atoms. The number of rotatable bonds is 8. The summed E-state index contributed by atoms with van der Waals surface area (Å²) in [4.78, 5) is 44.5. The number of esters is 2. The molecule has 0 radical (unpaired) electrons. The maximum Gasteiger partial charge on any atom is 0.320 e. The molecule has 0 aliphatic carbocycles. The van der Waals surface area contributed by atoms with E-state index in [2.05, 4.69) is 0 Å². The molecule has 0 aliphatic rings. The van der Waals surface area contributed by atoms with Crippen LogP contribution < -0.4 is 0 Å². The van der Waals surface area contributed by atoms with Crippen LogP contribution in [-0.2, 0) is 25.5 Å². The molecular weight excluding hydrogens is 324 g/mol. The van der Waals surface area contributed by atoms with E-state index in [4.69, 9.17) is 9.47 Å². The standard InChI is InChI=1S/C14H16N2O8/c1-3-23-13(17)10(14(18)24-4-2)8-9-11(15(19)20)6-5-7-12(9)16(21)22/h5-7,10H,3-4,8H2,1-2H3. The highest BCUT2D eigenvalue weighted by Gasteiger charge is 2.35. The van der Waals surface area contributed by atoms with Crippen LogP contribution in [0.4, 0.5) is 11.4 Å². The first-order valence-electron chi connectivity index (χ1n) is 7.07. The largest absolute Gasteiger partial charge is 0.465 e. The predicted molar refractivity (Wildman–Crippen MR) is 80.2 cm³/mol. The lowest BCUT2D eigenvalue weighted by Crippen LogP contribution is -2.30. The number of carbonyl (C=O) groups is 2. The summed E-state index contributed by atoms with van der Waals surface area (Å²) in [5.74, 6) is -3.43. The van der Waals surface area contributed by atoms with Crippen LogP contribution in [0, 0.1) is 26.1 Å². The van der Waals surface area contributed by atoms with E-state index in [1.165, 1.54) is 13.8 Å². The van der Waals surface area contributed by atoms with E-state index in [0.717, 1.165) is 18.2 Å². The molecule has 1 aromatic rings. The first-order chi connectivity index (χ1) is 11.3. The predicted octanol–water partition coefficient (Wildman–Crippen LogP) is 1.79. The normalized spacial score (nSPS) is 10.3. The van der Waals surface area contributed by atoms with Crippen molar-refractivity contribution in [2.45, 2.75) is 20.3 Å². The van der Waals surface area contributed by atoms with Crippen molar-refractivity contribution in [2.24, 2.45) is 5.92 Å². The van der Waals surface area contributed by atoms with Crippen molar-refractivity contribution in [1.82, 2.24) is 0 Å². The van der Waals surface area contributed by atoms with Gasteiger partial charge in [0.15, 0.2) is 5.92 Å². The molecule has 130 valence electrons. The maximum absolute atomic E-state index is 12.0. The van der Waals surface area contributed by atoms with Crippen molar-refractivity contribution >= 4 is 23.3 Å². The third-order valence-electron chi connectivity index (χ3n) is 3.07. The topological polar surface area (TPSA) is 139 Å². The van der Waals surface area contributed by atoms with Gasteiger partial charge >= 0.3 is 11.9 Å². The highest BCUT2D eigenvalue weighted by molar-refractivity contribution is 5.95. The fraction of sp³-hybridized carbons (Fsp3) is 0.429. The Bertz CT molecular complexity index is 608. The average molecular weight is 340 g/mol. The van der Waals surface area contributed by atoms with Gasteiger partial charge in [0.2, 0.25) is 0 Å². The lowest BCUT2D eigenvalue weighted by molar-refractivity contribution is -0.395. The van der Waals surface area contributed by atoms with Crippen LogP contribution in [0.1, 0.15) is 19.4 Å². The van der Waals surface area contributed by atoms with E-state index in [-0.39, 0.29) is 18.8 Å². The van der Waals surface area contributed by atoms with Gasteiger partial charge in [-0.15, -0.1) is 0 Å². The number of nitro benzene ring substituents is 2. The molecule has 10 nitrogen and oxygen atoms in total. The third kappa shape index (κ3) is 4.48. The van der Waals surface area contributed by atoms with Gasteiger partial charge in [0.05, 0.1) is 23.1 Å². The summed E-state index contributed by atoms with van der Waals surface area (Å²) >= 11 is 0. The fourth-order valence-electron chi connectivity index (χ4n) is 2.07. The molecule has 0 heterocycles. The number of hydrogen-bond acceptors (Lipinski definition) is 8. The van der Waals surface area contributed by atoms with Crippen molar-refractivity contribution in [3.05, 3.63) is 44.0 Å². The van der Waals surface area contributed by atoms with Gasteiger partial charge in [-0.05, 0) is 19.9 Å². The monoisotopic (exact) mass is 340 g/mol. The van der Waals surface area contributed by atoms with E-state index in [9.17, 15) is 29.8 Å². The molecule has 24 heavy (non-hydrogen) atoms. The molecule has 0 amide bonds. The van der Waals surface area contributed by atoms with E-state index in [1.807, 2.05) is 0 Å². The lowest BCUT2D eigenvalue weighted by atomic mass is 9.96. The summed E-state index contributed by atoms with van der Waals surface area (Å²) in [5.41, 5.74) is -1.44. The average Bonchev–Trinajstić information content (AvgIpc) is 2.52. The molecule has 0 bridgehead atoms. The second kappa shape index (κ2) is 8.56. The van der Waals surface area contributed by atoms with Crippen LogP contribution in [-0.4, -0.2) is 35.0 Å².